The fourth-order valence-corrected chi connectivity index (χ4v) is 4.40. The third-order valence-electron chi connectivity index (χ3n) is 6.54. The molecule has 3 aromatic rings. The Labute approximate surface area is 222 Å². The Bertz CT molecular complexity index is 1040. The minimum atomic E-state index is -0.543. The van der Waals surface area contributed by atoms with Crippen molar-refractivity contribution < 1.29 is 24.4 Å². The van der Waals surface area contributed by atoms with Gasteiger partial charge in [-0.1, -0.05) is 95.5 Å². The molecular weight excluding hydrogens is 464 g/mol. The predicted octanol–water partition coefficient (Wildman–Crippen LogP) is 8.05. The number of hydrogen-bond donors (Lipinski definition) is 2. The van der Waals surface area contributed by atoms with E-state index in [1.807, 2.05) is 60.7 Å². The van der Waals surface area contributed by atoms with E-state index in [-0.39, 0.29) is 13.2 Å². The molecule has 0 spiro atoms. The Hall–Kier alpha value is -2.76. The van der Waals surface area contributed by atoms with E-state index in [0.717, 1.165) is 42.9 Å². The number of rotatable bonds is 18. The zero-order valence-corrected chi connectivity index (χ0v) is 22.5. The van der Waals surface area contributed by atoms with Crippen molar-refractivity contribution >= 4 is 10.8 Å². The van der Waals surface area contributed by atoms with Gasteiger partial charge in [0.1, 0.15) is 24.7 Å². The minimum Gasteiger partial charge on any atom is -0.490 e. The lowest BCUT2D eigenvalue weighted by atomic mass is 10.1. The summed E-state index contributed by atoms with van der Waals surface area (Å²) in [5.41, 5.74) is 0. The number of unbranched alkanes of at least 4 members (excludes halogenated alkanes) is 6. The Morgan fingerprint density at radius 3 is 1.89 bits per heavy atom. The lowest BCUT2D eigenvalue weighted by Crippen LogP contribution is -2.18. The van der Waals surface area contributed by atoms with Crippen LogP contribution in [0.4, 0.5) is 0 Å². The van der Waals surface area contributed by atoms with Gasteiger partial charge in [-0.15, -0.1) is 0 Å². The molecule has 5 heteroatoms. The number of para-hydroxylation sites is 1. The average molecular weight is 509 g/mol. The molecule has 2 unspecified atom stereocenters. The first kappa shape index (κ1) is 28.8. The maximum Gasteiger partial charge on any atom is 0.169 e. The summed E-state index contributed by atoms with van der Waals surface area (Å²) in [7, 11) is 0. The summed E-state index contributed by atoms with van der Waals surface area (Å²) >= 11 is 0. The van der Waals surface area contributed by atoms with Gasteiger partial charge in [-0.2, -0.15) is 0 Å². The van der Waals surface area contributed by atoms with Crippen LogP contribution < -0.4 is 14.2 Å². The molecule has 0 bridgehead atoms. The first-order chi connectivity index (χ1) is 18.1. The molecule has 37 heavy (non-hydrogen) atoms. The van der Waals surface area contributed by atoms with Crippen LogP contribution in [0.15, 0.2) is 60.7 Å². The second kappa shape index (κ2) is 16.2. The molecule has 5 nitrogen and oxygen atoms in total. The summed E-state index contributed by atoms with van der Waals surface area (Å²) in [4.78, 5) is 0. The number of ether oxygens (including phenoxy) is 3. The highest BCUT2D eigenvalue weighted by Gasteiger charge is 2.17. The van der Waals surface area contributed by atoms with E-state index < -0.39 is 12.2 Å². The number of benzene rings is 3. The van der Waals surface area contributed by atoms with Crippen LogP contribution in [0.5, 0.6) is 23.0 Å². The van der Waals surface area contributed by atoms with Crippen molar-refractivity contribution in [2.45, 2.75) is 90.3 Å². The van der Waals surface area contributed by atoms with Crippen LogP contribution in [0.3, 0.4) is 0 Å². The van der Waals surface area contributed by atoms with Gasteiger partial charge in [0.05, 0.1) is 12.2 Å². The van der Waals surface area contributed by atoms with Crippen LogP contribution in [0.25, 0.3) is 10.8 Å². The maximum absolute atomic E-state index is 10.5. The highest BCUT2D eigenvalue weighted by molar-refractivity contribution is 5.95. The topological polar surface area (TPSA) is 68.2 Å². The first-order valence-electron chi connectivity index (χ1n) is 14.0. The molecule has 0 amide bonds. The van der Waals surface area contributed by atoms with Gasteiger partial charge in [0, 0.05) is 10.8 Å². The molecule has 0 saturated carbocycles. The summed E-state index contributed by atoms with van der Waals surface area (Å²) in [5.74, 6) is 2.58. The third-order valence-corrected chi connectivity index (χ3v) is 6.54. The molecular formula is C32H44O5. The van der Waals surface area contributed by atoms with Crippen molar-refractivity contribution in [2.75, 3.05) is 13.2 Å². The molecule has 0 heterocycles. The van der Waals surface area contributed by atoms with Crippen molar-refractivity contribution in [3.8, 4) is 23.0 Å². The molecule has 2 N–H and O–H groups in total. The van der Waals surface area contributed by atoms with Crippen molar-refractivity contribution in [1.82, 2.24) is 0 Å². The second-order valence-corrected chi connectivity index (χ2v) is 9.79. The van der Waals surface area contributed by atoms with Gasteiger partial charge in [0.25, 0.3) is 0 Å². The quantitative estimate of drug-likeness (QED) is 0.170. The molecule has 0 aromatic heterocycles. The Kier molecular flexibility index (Phi) is 12.6. The lowest BCUT2D eigenvalue weighted by molar-refractivity contribution is 0.0967. The first-order valence-corrected chi connectivity index (χ1v) is 14.0. The Morgan fingerprint density at radius 1 is 0.595 bits per heavy atom. The van der Waals surface area contributed by atoms with Crippen LogP contribution >= 0.6 is 0 Å². The molecule has 0 aliphatic heterocycles. The number of hydrogen-bond acceptors (Lipinski definition) is 5. The van der Waals surface area contributed by atoms with Crippen LogP contribution in [-0.2, 0) is 0 Å². The SMILES string of the molecule is CCCCCCC(O)COc1cccc2c(OCC(O)CCCCCC)c(Oc3ccccc3)ccc12. The van der Waals surface area contributed by atoms with Gasteiger partial charge in [-0.25, -0.2) is 0 Å². The van der Waals surface area contributed by atoms with E-state index in [1.165, 1.54) is 25.7 Å². The number of aliphatic hydroxyl groups is 2. The van der Waals surface area contributed by atoms with E-state index in [9.17, 15) is 10.2 Å². The summed E-state index contributed by atoms with van der Waals surface area (Å²) in [6.07, 6.45) is 9.39. The normalized spacial score (nSPS) is 12.9. The highest BCUT2D eigenvalue weighted by Crippen LogP contribution is 2.41. The lowest BCUT2D eigenvalue weighted by Gasteiger charge is -2.19. The third kappa shape index (κ3) is 9.56. The van der Waals surface area contributed by atoms with E-state index in [2.05, 4.69) is 13.8 Å². The predicted molar refractivity (Wildman–Crippen MR) is 151 cm³/mol. The Balaban J connectivity index is 1.77. The zero-order chi connectivity index (χ0) is 26.3. The van der Waals surface area contributed by atoms with Gasteiger partial charge in [0.2, 0.25) is 0 Å². The van der Waals surface area contributed by atoms with E-state index in [1.54, 1.807) is 0 Å². The van der Waals surface area contributed by atoms with Gasteiger partial charge in [0.15, 0.2) is 11.5 Å². The summed E-state index contributed by atoms with van der Waals surface area (Å²) in [6, 6.07) is 19.3. The monoisotopic (exact) mass is 508 g/mol. The standard InChI is InChI=1S/C32H44O5/c1-3-5-7-10-15-25(33)23-35-30-20-14-19-29-28(30)21-22-31(37-27-17-12-9-13-18-27)32(29)36-24-26(34)16-11-8-6-4-2/h9,12-14,17-22,25-26,33-34H,3-8,10-11,15-16,23-24H2,1-2H3. The Morgan fingerprint density at radius 2 is 1.24 bits per heavy atom. The van der Waals surface area contributed by atoms with Crippen molar-refractivity contribution in [3.05, 3.63) is 60.7 Å². The number of fused-ring (bicyclic) bond motifs is 1. The summed E-state index contributed by atoms with van der Waals surface area (Å²) < 4.78 is 18.5. The van der Waals surface area contributed by atoms with Gasteiger partial charge >= 0.3 is 0 Å². The largest absolute Gasteiger partial charge is 0.490 e. The average Bonchev–Trinajstić information content (AvgIpc) is 2.92. The fourth-order valence-electron chi connectivity index (χ4n) is 4.40. The van der Waals surface area contributed by atoms with Crippen LogP contribution in [-0.4, -0.2) is 35.6 Å². The van der Waals surface area contributed by atoms with Crippen molar-refractivity contribution in [2.24, 2.45) is 0 Å². The van der Waals surface area contributed by atoms with Crippen LogP contribution in [0.2, 0.25) is 0 Å². The summed E-state index contributed by atoms with van der Waals surface area (Å²) in [5, 5.41) is 22.7. The van der Waals surface area contributed by atoms with Crippen molar-refractivity contribution in [1.29, 1.82) is 0 Å². The molecule has 2 atom stereocenters. The minimum absolute atomic E-state index is 0.192. The highest BCUT2D eigenvalue weighted by atomic mass is 16.5. The van der Waals surface area contributed by atoms with Crippen LogP contribution in [0, 0.1) is 0 Å². The molecule has 0 aliphatic carbocycles. The van der Waals surface area contributed by atoms with Crippen molar-refractivity contribution in [3.63, 3.8) is 0 Å². The molecule has 202 valence electrons. The number of aliphatic hydroxyl groups excluding tert-OH is 2. The smallest absolute Gasteiger partial charge is 0.169 e. The van der Waals surface area contributed by atoms with E-state index in [4.69, 9.17) is 14.2 Å². The fraction of sp³-hybridized carbons (Fsp3) is 0.500. The molecule has 0 radical (unpaired) electrons. The zero-order valence-electron chi connectivity index (χ0n) is 22.5. The molecule has 0 aliphatic rings. The van der Waals surface area contributed by atoms with Gasteiger partial charge in [-0.3, -0.25) is 0 Å². The van der Waals surface area contributed by atoms with E-state index >= 15 is 0 Å². The molecule has 0 saturated heterocycles. The second-order valence-electron chi connectivity index (χ2n) is 9.79. The summed E-state index contributed by atoms with van der Waals surface area (Å²) in [6.45, 7) is 4.81. The van der Waals surface area contributed by atoms with Crippen LogP contribution in [0.1, 0.15) is 78.1 Å². The maximum atomic E-state index is 10.5. The van der Waals surface area contributed by atoms with E-state index in [0.29, 0.717) is 29.4 Å². The van der Waals surface area contributed by atoms with Gasteiger partial charge in [-0.05, 0) is 43.2 Å². The van der Waals surface area contributed by atoms with Gasteiger partial charge < -0.3 is 24.4 Å². The molecule has 3 aromatic carbocycles. The molecule has 0 fully saturated rings. The molecule has 3 rings (SSSR count).